The average Bonchev–Trinajstić information content (AvgIpc) is 2.54. The molecule has 0 aromatic carbocycles. The summed E-state index contributed by atoms with van der Waals surface area (Å²) in [5.74, 6) is 0. The molecule has 0 aliphatic carbocycles. The Morgan fingerprint density at radius 2 is 1.09 bits per heavy atom. The van der Waals surface area contributed by atoms with Crippen molar-refractivity contribution in [2.45, 2.75) is 115 Å². The van der Waals surface area contributed by atoms with Gasteiger partial charge in [0, 0.05) is 12.1 Å². The highest BCUT2D eigenvalue weighted by Gasteiger charge is 2.22. The van der Waals surface area contributed by atoms with Gasteiger partial charge in [-0.05, 0) is 32.2 Å². The van der Waals surface area contributed by atoms with Crippen LogP contribution in [0.4, 0.5) is 0 Å². The summed E-state index contributed by atoms with van der Waals surface area (Å²) in [4.78, 5) is 0. The van der Waals surface area contributed by atoms with E-state index >= 15 is 0 Å². The van der Waals surface area contributed by atoms with Crippen molar-refractivity contribution < 1.29 is 5.11 Å². The van der Waals surface area contributed by atoms with E-state index in [0.29, 0.717) is 6.54 Å². The van der Waals surface area contributed by atoms with Crippen molar-refractivity contribution >= 4 is 0 Å². The zero-order valence-corrected chi connectivity index (χ0v) is 15.8. The van der Waals surface area contributed by atoms with Crippen LogP contribution in [-0.2, 0) is 0 Å². The highest BCUT2D eigenvalue weighted by atomic mass is 16.2. The minimum Gasteiger partial charge on any atom is -0.396 e. The predicted molar refractivity (Wildman–Crippen MR) is 103 cm³/mol. The van der Waals surface area contributed by atoms with Crippen molar-refractivity contribution in [3.63, 3.8) is 0 Å². The van der Waals surface area contributed by atoms with E-state index < -0.39 is 0 Å². The van der Waals surface area contributed by atoms with Crippen LogP contribution in [-0.4, -0.2) is 23.8 Å². The maximum atomic E-state index is 8.98. The van der Waals surface area contributed by atoms with Crippen LogP contribution in [0.25, 0.3) is 0 Å². The van der Waals surface area contributed by atoms with E-state index in [1.165, 1.54) is 77.0 Å². The Hall–Kier alpha value is -0.120. The van der Waals surface area contributed by atoms with Gasteiger partial charge in [0.2, 0.25) is 0 Å². The van der Waals surface area contributed by atoms with Crippen molar-refractivity contribution in [1.29, 1.82) is 0 Å². The van der Waals surface area contributed by atoms with Gasteiger partial charge in [-0.15, -0.1) is 0 Å². The lowest BCUT2D eigenvalue weighted by Gasteiger charge is -2.29. The molecular weight excluding hydrogens is 284 g/mol. The van der Waals surface area contributed by atoms with E-state index in [0.717, 1.165) is 25.7 Å². The molecule has 3 nitrogen and oxygen atoms in total. The Bertz CT molecular complexity index is 236. The van der Waals surface area contributed by atoms with Gasteiger partial charge in [-0.2, -0.15) is 0 Å². The third-order valence-electron chi connectivity index (χ3n) is 5.00. The molecule has 0 saturated heterocycles. The van der Waals surface area contributed by atoms with Crippen LogP contribution in [0.2, 0.25) is 0 Å². The van der Waals surface area contributed by atoms with Gasteiger partial charge in [-0.3, -0.25) is 0 Å². The second kappa shape index (κ2) is 16.7. The third-order valence-corrected chi connectivity index (χ3v) is 5.00. The van der Waals surface area contributed by atoms with Gasteiger partial charge in [0.1, 0.15) is 0 Å². The van der Waals surface area contributed by atoms with Crippen LogP contribution in [0.5, 0.6) is 0 Å². The lowest BCUT2D eigenvalue weighted by Crippen LogP contribution is -2.41. The van der Waals surface area contributed by atoms with Gasteiger partial charge in [-0.25, -0.2) is 0 Å². The first kappa shape index (κ1) is 22.9. The Labute approximate surface area is 145 Å². The number of unbranched alkanes of at least 4 members (excludes halogenated alkanes) is 11. The van der Waals surface area contributed by atoms with E-state index in [2.05, 4.69) is 6.92 Å². The standard InChI is InChI=1S/C20H44N2O/c1-2-3-4-5-6-7-8-9-10-11-12-13-15-20(22,17-18-21)16-14-19-23/h23H,2-19,21-22H2,1H3. The maximum absolute atomic E-state index is 8.98. The molecule has 140 valence electrons. The molecule has 0 aliphatic rings. The fourth-order valence-electron chi connectivity index (χ4n) is 3.41. The molecule has 5 N–H and O–H groups in total. The second-order valence-corrected chi connectivity index (χ2v) is 7.37. The number of nitrogens with two attached hydrogens (primary N) is 2. The molecule has 0 amide bonds. The molecule has 0 aliphatic heterocycles. The lowest BCUT2D eigenvalue weighted by atomic mass is 9.85. The first-order chi connectivity index (χ1) is 11.2. The Morgan fingerprint density at radius 1 is 0.652 bits per heavy atom. The number of hydrogen-bond donors (Lipinski definition) is 3. The third kappa shape index (κ3) is 15.2. The van der Waals surface area contributed by atoms with Crippen molar-refractivity contribution in [3.8, 4) is 0 Å². The van der Waals surface area contributed by atoms with E-state index in [9.17, 15) is 0 Å². The molecule has 23 heavy (non-hydrogen) atoms. The van der Waals surface area contributed by atoms with Crippen LogP contribution in [0, 0.1) is 0 Å². The highest BCUT2D eigenvalue weighted by molar-refractivity contribution is 4.84. The predicted octanol–water partition coefficient (Wildman–Crippen LogP) is 4.90. The van der Waals surface area contributed by atoms with Gasteiger partial charge in [0.25, 0.3) is 0 Å². The number of rotatable bonds is 18. The van der Waals surface area contributed by atoms with Crippen molar-refractivity contribution in [1.82, 2.24) is 0 Å². The molecule has 0 aromatic rings. The summed E-state index contributed by atoms with van der Waals surface area (Å²) < 4.78 is 0. The number of aliphatic hydroxyl groups is 1. The topological polar surface area (TPSA) is 72.3 Å². The zero-order valence-electron chi connectivity index (χ0n) is 15.8. The lowest BCUT2D eigenvalue weighted by molar-refractivity contribution is 0.246. The normalized spacial score (nSPS) is 14.1. The fraction of sp³-hybridized carbons (Fsp3) is 1.00. The summed E-state index contributed by atoms with van der Waals surface area (Å²) in [5.41, 5.74) is 12.0. The molecule has 0 heterocycles. The molecule has 1 unspecified atom stereocenters. The van der Waals surface area contributed by atoms with E-state index in [1.54, 1.807) is 0 Å². The molecular formula is C20H44N2O. The van der Waals surface area contributed by atoms with Crippen LogP contribution >= 0.6 is 0 Å². The molecule has 0 rings (SSSR count). The smallest absolute Gasteiger partial charge is 0.0431 e. The minimum absolute atomic E-state index is 0.143. The summed E-state index contributed by atoms with van der Waals surface area (Å²) in [6.07, 6.45) is 20.1. The maximum Gasteiger partial charge on any atom is 0.0431 e. The molecule has 0 fully saturated rings. The quantitative estimate of drug-likeness (QED) is 0.313. The first-order valence-corrected chi connectivity index (χ1v) is 10.3. The summed E-state index contributed by atoms with van der Waals surface area (Å²) in [6.45, 7) is 3.17. The van der Waals surface area contributed by atoms with Gasteiger partial charge < -0.3 is 16.6 Å². The Kier molecular flexibility index (Phi) is 16.6. The van der Waals surface area contributed by atoms with Gasteiger partial charge in [0.15, 0.2) is 0 Å². The molecule has 0 saturated carbocycles. The number of hydrogen-bond acceptors (Lipinski definition) is 3. The van der Waals surface area contributed by atoms with Crippen molar-refractivity contribution in [2.75, 3.05) is 13.2 Å². The van der Waals surface area contributed by atoms with Crippen LogP contribution in [0.1, 0.15) is 110 Å². The van der Waals surface area contributed by atoms with Crippen LogP contribution < -0.4 is 11.5 Å². The van der Waals surface area contributed by atoms with Gasteiger partial charge >= 0.3 is 0 Å². The summed E-state index contributed by atoms with van der Waals surface area (Å²) in [5, 5.41) is 8.98. The molecule has 0 radical (unpaired) electrons. The van der Waals surface area contributed by atoms with E-state index in [4.69, 9.17) is 16.6 Å². The SMILES string of the molecule is CCCCCCCCCCCCCCC(N)(CCN)CCCO. The Morgan fingerprint density at radius 3 is 1.52 bits per heavy atom. The number of aliphatic hydroxyl groups excluding tert-OH is 1. The largest absolute Gasteiger partial charge is 0.396 e. The monoisotopic (exact) mass is 328 g/mol. The summed E-state index contributed by atoms with van der Waals surface area (Å²) >= 11 is 0. The first-order valence-electron chi connectivity index (χ1n) is 10.3. The van der Waals surface area contributed by atoms with E-state index in [-0.39, 0.29) is 12.1 Å². The summed E-state index contributed by atoms with van der Waals surface area (Å²) in [7, 11) is 0. The summed E-state index contributed by atoms with van der Waals surface area (Å²) in [6, 6.07) is 0. The van der Waals surface area contributed by atoms with Crippen LogP contribution in [0.3, 0.4) is 0 Å². The molecule has 0 bridgehead atoms. The second-order valence-electron chi connectivity index (χ2n) is 7.37. The van der Waals surface area contributed by atoms with Crippen molar-refractivity contribution in [3.05, 3.63) is 0 Å². The zero-order chi connectivity index (χ0) is 17.2. The molecule has 0 aromatic heterocycles. The molecule has 0 spiro atoms. The van der Waals surface area contributed by atoms with Crippen LogP contribution in [0.15, 0.2) is 0 Å². The minimum atomic E-state index is -0.143. The van der Waals surface area contributed by atoms with Gasteiger partial charge in [0.05, 0.1) is 0 Å². The van der Waals surface area contributed by atoms with E-state index in [1.807, 2.05) is 0 Å². The fourth-order valence-corrected chi connectivity index (χ4v) is 3.41. The Balaban J connectivity index is 3.42. The van der Waals surface area contributed by atoms with Crippen molar-refractivity contribution in [2.24, 2.45) is 11.5 Å². The van der Waals surface area contributed by atoms with Gasteiger partial charge in [-0.1, -0.05) is 84.0 Å². The average molecular weight is 329 g/mol. The molecule has 1 atom stereocenters. The highest BCUT2D eigenvalue weighted by Crippen LogP contribution is 2.22. The molecule has 3 heteroatoms.